The van der Waals surface area contributed by atoms with Crippen LogP contribution in [0.2, 0.25) is 0 Å². The lowest BCUT2D eigenvalue weighted by Crippen LogP contribution is -2.39. The summed E-state index contributed by atoms with van der Waals surface area (Å²) in [7, 11) is 0. The fourth-order valence-electron chi connectivity index (χ4n) is 3.59. The highest BCUT2D eigenvalue weighted by Crippen LogP contribution is 2.28. The van der Waals surface area contributed by atoms with Gasteiger partial charge in [-0.1, -0.05) is 63.8 Å². The molecule has 1 saturated carbocycles. The zero-order valence-electron chi connectivity index (χ0n) is 13.5. The van der Waals surface area contributed by atoms with Gasteiger partial charge in [0.2, 0.25) is 0 Å². The Hall–Kier alpha value is -0.820. The van der Waals surface area contributed by atoms with Gasteiger partial charge in [-0.2, -0.15) is 0 Å². The van der Waals surface area contributed by atoms with E-state index in [9.17, 15) is 0 Å². The molecule has 1 N–H and O–H groups in total. The summed E-state index contributed by atoms with van der Waals surface area (Å²) in [5.41, 5.74) is 2.90. The quantitative estimate of drug-likeness (QED) is 0.745. The Morgan fingerprint density at radius 2 is 1.80 bits per heavy atom. The first kappa shape index (κ1) is 15.6. The molecule has 0 saturated heterocycles. The van der Waals surface area contributed by atoms with E-state index in [0.29, 0.717) is 6.04 Å². The van der Waals surface area contributed by atoms with Crippen molar-refractivity contribution in [3.8, 4) is 0 Å². The van der Waals surface area contributed by atoms with Crippen LogP contribution in [0, 0.1) is 5.92 Å². The van der Waals surface area contributed by atoms with Crippen molar-refractivity contribution in [1.82, 2.24) is 5.32 Å². The van der Waals surface area contributed by atoms with Crippen LogP contribution in [0.15, 0.2) is 24.3 Å². The first-order valence-electron chi connectivity index (χ1n) is 8.59. The highest BCUT2D eigenvalue weighted by atomic mass is 15.0. The van der Waals surface area contributed by atoms with Crippen LogP contribution < -0.4 is 5.32 Å². The Morgan fingerprint density at radius 3 is 2.45 bits per heavy atom. The van der Waals surface area contributed by atoms with Gasteiger partial charge in [0.25, 0.3) is 0 Å². The van der Waals surface area contributed by atoms with Gasteiger partial charge in [-0.05, 0) is 43.2 Å². The molecule has 3 atom stereocenters. The number of aryl methyl sites for hydroxylation is 1. The van der Waals surface area contributed by atoms with E-state index < -0.39 is 0 Å². The summed E-state index contributed by atoms with van der Waals surface area (Å²) in [6.07, 6.45) is 9.34. The number of hydrogen-bond acceptors (Lipinski definition) is 1. The Labute approximate surface area is 125 Å². The van der Waals surface area contributed by atoms with Crippen LogP contribution in [0.25, 0.3) is 0 Å². The molecule has 0 bridgehead atoms. The highest BCUT2D eigenvalue weighted by molar-refractivity contribution is 5.25. The average Bonchev–Trinajstić information content (AvgIpc) is 2.49. The average molecular weight is 273 g/mol. The molecule has 0 radical (unpaired) electrons. The maximum absolute atomic E-state index is 3.89. The van der Waals surface area contributed by atoms with E-state index in [2.05, 4.69) is 50.4 Å². The van der Waals surface area contributed by atoms with Crippen LogP contribution in [-0.4, -0.2) is 6.04 Å². The minimum absolute atomic E-state index is 0.475. The topological polar surface area (TPSA) is 12.0 Å². The van der Waals surface area contributed by atoms with Gasteiger partial charge in [0.05, 0.1) is 0 Å². The molecule has 1 fully saturated rings. The second-order valence-corrected chi connectivity index (χ2v) is 6.44. The van der Waals surface area contributed by atoms with Crippen LogP contribution in [-0.2, 0) is 6.42 Å². The summed E-state index contributed by atoms with van der Waals surface area (Å²) in [4.78, 5) is 0. The van der Waals surface area contributed by atoms with Gasteiger partial charge in [0.15, 0.2) is 0 Å². The Balaban J connectivity index is 1.94. The zero-order chi connectivity index (χ0) is 14.4. The number of benzene rings is 1. The van der Waals surface area contributed by atoms with Gasteiger partial charge in [0, 0.05) is 12.1 Å². The molecule has 3 unspecified atom stereocenters. The second-order valence-electron chi connectivity index (χ2n) is 6.44. The number of hydrogen-bond donors (Lipinski definition) is 1. The summed E-state index contributed by atoms with van der Waals surface area (Å²) >= 11 is 0. The molecule has 0 aliphatic heterocycles. The molecular weight excluding hydrogens is 242 g/mol. The third-order valence-corrected chi connectivity index (χ3v) is 4.92. The van der Waals surface area contributed by atoms with Gasteiger partial charge in [0.1, 0.15) is 0 Å². The Kier molecular flexibility index (Phi) is 6.09. The Bertz CT molecular complexity index is 381. The Morgan fingerprint density at radius 1 is 1.10 bits per heavy atom. The van der Waals surface area contributed by atoms with Gasteiger partial charge < -0.3 is 5.32 Å². The standard InChI is InChI=1S/C19H31N/c1-4-8-16-11-13-18(14-12-16)15(3)20-19-10-7-6-9-17(19)5-2/h11-15,17,19-20H,4-10H2,1-3H3. The van der Waals surface area contributed by atoms with Crippen molar-refractivity contribution in [1.29, 1.82) is 0 Å². The molecule has 1 aliphatic carbocycles. The van der Waals surface area contributed by atoms with Crippen molar-refractivity contribution in [3.63, 3.8) is 0 Å². The van der Waals surface area contributed by atoms with Crippen molar-refractivity contribution in [3.05, 3.63) is 35.4 Å². The van der Waals surface area contributed by atoms with E-state index in [4.69, 9.17) is 0 Å². The van der Waals surface area contributed by atoms with Gasteiger partial charge in [-0.25, -0.2) is 0 Å². The SMILES string of the molecule is CCCc1ccc(C(C)NC2CCCCC2CC)cc1. The van der Waals surface area contributed by atoms with Crippen molar-refractivity contribution in [2.24, 2.45) is 5.92 Å². The predicted octanol–water partition coefficient (Wildman–Crippen LogP) is 5.26. The number of nitrogens with one attached hydrogen (secondary N) is 1. The molecular formula is C19H31N. The molecule has 1 aliphatic rings. The van der Waals surface area contributed by atoms with Gasteiger partial charge in [-0.3, -0.25) is 0 Å². The smallest absolute Gasteiger partial charge is 0.0294 e. The zero-order valence-corrected chi connectivity index (χ0v) is 13.5. The van der Waals surface area contributed by atoms with E-state index in [1.165, 1.54) is 56.1 Å². The molecule has 0 amide bonds. The van der Waals surface area contributed by atoms with Crippen LogP contribution >= 0.6 is 0 Å². The third kappa shape index (κ3) is 4.09. The van der Waals surface area contributed by atoms with Crippen molar-refractivity contribution in [2.45, 2.75) is 77.8 Å². The van der Waals surface area contributed by atoms with Crippen molar-refractivity contribution in [2.75, 3.05) is 0 Å². The highest BCUT2D eigenvalue weighted by Gasteiger charge is 2.24. The normalized spacial score (nSPS) is 24.6. The molecule has 1 nitrogen and oxygen atoms in total. The molecule has 1 heteroatoms. The van der Waals surface area contributed by atoms with Crippen LogP contribution in [0.3, 0.4) is 0 Å². The van der Waals surface area contributed by atoms with Gasteiger partial charge >= 0.3 is 0 Å². The molecule has 1 aromatic carbocycles. The van der Waals surface area contributed by atoms with Crippen molar-refractivity contribution < 1.29 is 0 Å². The molecule has 20 heavy (non-hydrogen) atoms. The lowest BCUT2D eigenvalue weighted by Gasteiger charge is -2.34. The molecule has 0 spiro atoms. The first-order valence-corrected chi connectivity index (χ1v) is 8.59. The summed E-state index contributed by atoms with van der Waals surface area (Å²) in [6, 6.07) is 10.4. The van der Waals surface area contributed by atoms with Crippen LogP contribution in [0.1, 0.15) is 76.5 Å². The summed E-state index contributed by atoms with van der Waals surface area (Å²) in [6.45, 7) is 6.90. The molecule has 1 aromatic rings. The van der Waals surface area contributed by atoms with E-state index in [1.54, 1.807) is 0 Å². The monoisotopic (exact) mass is 273 g/mol. The summed E-state index contributed by atoms with van der Waals surface area (Å²) in [5, 5.41) is 3.89. The van der Waals surface area contributed by atoms with Crippen LogP contribution in [0.5, 0.6) is 0 Å². The minimum Gasteiger partial charge on any atom is -0.307 e. The molecule has 0 heterocycles. The third-order valence-electron chi connectivity index (χ3n) is 4.92. The van der Waals surface area contributed by atoms with E-state index >= 15 is 0 Å². The van der Waals surface area contributed by atoms with E-state index in [1.807, 2.05) is 0 Å². The lowest BCUT2D eigenvalue weighted by molar-refractivity contribution is 0.240. The fourth-order valence-corrected chi connectivity index (χ4v) is 3.59. The number of rotatable bonds is 6. The largest absolute Gasteiger partial charge is 0.307 e. The maximum atomic E-state index is 3.89. The molecule has 2 rings (SSSR count). The van der Waals surface area contributed by atoms with Crippen LogP contribution in [0.4, 0.5) is 0 Å². The lowest BCUT2D eigenvalue weighted by atomic mass is 9.82. The minimum atomic E-state index is 0.475. The first-order chi connectivity index (χ1) is 9.74. The maximum Gasteiger partial charge on any atom is 0.0294 e. The summed E-state index contributed by atoms with van der Waals surface area (Å²) in [5.74, 6) is 0.880. The summed E-state index contributed by atoms with van der Waals surface area (Å²) < 4.78 is 0. The predicted molar refractivity (Wildman–Crippen MR) is 88.0 cm³/mol. The molecule has 0 aromatic heterocycles. The van der Waals surface area contributed by atoms with E-state index in [0.717, 1.165) is 12.0 Å². The van der Waals surface area contributed by atoms with E-state index in [-0.39, 0.29) is 0 Å². The fraction of sp³-hybridized carbons (Fsp3) is 0.684. The molecule has 112 valence electrons. The van der Waals surface area contributed by atoms with Crippen molar-refractivity contribution >= 4 is 0 Å². The van der Waals surface area contributed by atoms with Gasteiger partial charge in [-0.15, -0.1) is 0 Å². The second kappa shape index (κ2) is 7.83.